The van der Waals surface area contributed by atoms with E-state index in [0.717, 1.165) is 0 Å². The second-order valence-corrected chi connectivity index (χ2v) is 5.30. The highest BCUT2D eigenvalue weighted by molar-refractivity contribution is 5.79. The quantitative estimate of drug-likeness (QED) is 0.921. The van der Waals surface area contributed by atoms with E-state index in [4.69, 9.17) is 5.11 Å². The summed E-state index contributed by atoms with van der Waals surface area (Å²) in [4.78, 5) is 24.9. The van der Waals surface area contributed by atoms with Crippen molar-refractivity contribution in [2.75, 3.05) is 6.54 Å². The number of aliphatic carboxylic acids is 1. The van der Waals surface area contributed by atoms with E-state index in [1.54, 1.807) is 17.0 Å². The van der Waals surface area contributed by atoms with Gasteiger partial charge in [0.15, 0.2) is 0 Å². The number of carbonyl (C=O) groups excluding carboxylic acids is 1. The lowest BCUT2D eigenvalue weighted by molar-refractivity contribution is -0.147. The summed E-state index contributed by atoms with van der Waals surface area (Å²) in [5.74, 6) is -1.60. The standard InChI is InChI=1S/C15H18FNO3/c1-10-7-12(15(19)20)5-6-17(10)14(18)9-11-3-2-4-13(16)8-11/h2-4,8,10,12H,5-7,9H2,1H3,(H,19,20). The Labute approximate surface area is 117 Å². The van der Waals surface area contributed by atoms with Gasteiger partial charge in [-0.15, -0.1) is 0 Å². The highest BCUT2D eigenvalue weighted by Gasteiger charge is 2.31. The fourth-order valence-corrected chi connectivity index (χ4v) is 2.69. The van der Waals surface area contributed by atoms with Gasteiger partial charge in [0.05, 0.1) is 12.3 Å². The molecule has 0 spiro atoms. The zero-order valence-corrected chi connectivity index (χ0v) is 11.4. The number of carboxylic acids is 1. The molecule has 1 aliphatic heterocycles. The molecule has 2 unspecified atom stereocenters. The number of piperidine rings is 1. The molecule has 5 heteroatoms. The summed E-state index contributed by atoms with van der Waals surface area (Å²) in [6.07, 6.45) is 1.11. The van der Waals surface area contributed by atoms with Crippen molar-refractivity contribution in [2.24, 2.45) is 5.92 Å². The number of halogens is 1. The highest BCUT2D eigenvalue weighted by atomic mass is 19.1. The second kappa shape index (κ2) is 6.03. The molecule has 0 aromatic heterocycles. The predicted octanol–water partition coefficient (Wildman–Crippen LogP) is 2.08. The molecule has 20 heavy (non-hydrogen) atoms. The Balaban J connectivity index is 1.98. The van der Waals surface area contributed by atoms with E-state index in [1.807, 2.05) is 6.92 Å². The van der Waals surface area contributed by atoms with Gasteiger partial charge in [-0.3, -0.25) is 9.59 Å². The predicted molar refractivity (Wildman–Crippen MR) is 71.6 cm³/mol. The summed E-state index contributed by atoms with van der Waals surface area (Å²) in [6.45, 7) is 2.31. The van der Waals surface area contributed by atoms with Crippen LogP contribution in [-0.4, -0.2) is 34.5 Å². The fraction of sp³-hybridized carbons (Fsp3) is 0.467. The molecule has 0 saturated carbocycles. The Morgan fingerprint density at radius 2 is 2.20 bits per heavy atom. The monoisotopic (exact) mass is 279 g/mol. The maximum Gasteiger partial charge on any atom is 0.306 e. The van der Waals surface area contributed by atoms with Gasteiger partial charge in [0.1, 0.15) is 5.82 Å². The van der Waals surface area contributed by atoms with Crippen molar-refractivity contribution < 1.29 is 19.1 Å². The number of benzene rings is 1. The Kier molecular flexibility index (Phi) is 4.37. The van der Waals surface area contributed by atoms with Gasteiger partial charge in [-0.05, 0) is 37.5 Å². The third-order valence-corrected chi connectivity index (χ3v) is 3.79. The van der Waals surface area contributed by atoms with E-state index >= 15 is 0 Å². The number of hydrogen-bond acceptors (Lipinski definition) is 2. The molecular formula is C15H18FNO3. The normalized spacial score (nSPS) is 22.6. The molecule has 2 rings (SSSR count). The summed E-state index contributed by atoms with van der Waals surface area (Å²) in [5.41, 5.74) is 0.641. The first kappa shape index (κ1) is 14.5. The van der Waals surface area contributed by atoms with Gasteiger partial charge < -0.3 is 10.0 Å². The van der Waals surface area contributed by atoms with Crippen LogP contribution >= 0.6 is 0 Å². The summed E-state index contributed by atoms with van der Waals surface area (Å²) >= 11 is 0. The first-order chi connectivity index (χ1) is 9.47. The van der Waals surface area contributed by atoms with Gasteiger partial charge >= 0.3 is 5.97 Å². The van der Waals surface area contributed by atoms with Crippen molar-refractivity contribution in [3.05, 3.63) is 35.6 Å². The molecular weight excluding hydrogens is 261 g/mol. The van der Waals surface area contributed by atoms with Crippen LogP contribution in [0.2, 0.25) is 0 Å². The first-order valence-electron chi connectivity index (χ1n) is 6.74. The van der Waals surface area contributed by atoms with Gasteiger partial charge in [0, 0.05) is 12.6 Å². The zero-order valence-electron chi connectivity index (χ0n) is 11.4. The average Bonchev–Trinajstić information content (AvgIpc) is 2.38. The topological polar surface area (TPSA) is 57.6 Å². The molecule has 1 saturated heterocycles. The lowest BCUT2D eigenvalue weighted by Crippen LogP contribution is -2.46. The lowest BCUT2D eigenvalue weighted by atomic mass is 9.91. The molecule has 1 N–H and O–H groups in total. The number of carbonyl (C=O) groups is 2. The van der Waals surface area contributed by atoms with Crippen LogP contribution in [0, 0.1) is 11.7 Å². The van der Waals surface area contributed by atoms with Crippen molar-refractivity contribution in [1.29, 1.82) is 0 Å². The van der Waals surface area contributed by atoms with Crippen LogP contribution in [0.25, 0.3) is 0 Å². The van der Waals surface area contributed by atoms with Gasteiger partial charge in [-0.1, -0.05) is 12.1 Å². The SMILES string of the molecule is CC1CC(C(=O)O)CCN1C(=O)Cc1cccc(F)c1. The lowest BCUT2D eigenvalue weighted by Gasteiger charge is -2.36. The van der Waals surface area contributed by atoms with Crippen LogP contribution in [0.15, 0.2) is 24.3 Å². The molecule has 2 atom stereocenters. The maximum absolute atomic E-state index is 13.1. The minimum Gasteiger partial charge on any atom is -0.481 e. The molecule has 1 fully saturated rings. The maximum atomic E-state index is 13.1. The number of likely N-dealkylation sites (tertiary alicyclic amines) is 1. The van der Waals surface area contributed by atoms with Crippen molar-refractivity contribution in [2.45, 2.75) is 32.2 Å². The van der Waals surface area contributed by atoms with E-state index in [-0.39, 0.29) is 30.1 Å². The van der Waals surface area contributed by atoms with Crippen LogP contribution in [0.4, 0.5) is 4.39 Å². The molecule has 4 nitrogen and oxygen atoms in total. The Morgan fingerprint density at radius 3 is 2.80 bits per heavy atom. The van der Waals surface area contributed by atoms with Crippen LogP contribution in [0.5, 0.6) is 0 Å². The molecule has 1 heterocycles. The van der Waals surface area contributed by atoms with Gasteiger partial charge in [-0.2, -0.15) is 0 Å². The van der Waals surface area contributed by atoms with E-state index in [2.05, 4.69) is 0 Å². The summed E-state index contributed by atoms with van der Waals surface area (Å²) < 4.78 is 13.1. The average molecular weight is 279 g/mol. The molecule has 1 aromatic carbocycles. The van der Waals surface area contributed by atoms with E-state index in [0.29, 0.717) is 24.9 Å². The Morgan fingerprint density at radius 1 is 1.45 bits per heavy atom. The summed E-state index contributed by atoms with van der Waals surface area (Å²) in [6, 6.07) is 5.90. The third kappa shape index (κ3) is 3.35. The van der Waals surface area contributed by atoms with E-state index in [9.17, 15) is 14.0 Å². The number of amides is 1. The minimum absolute atomic E-state index is 0.0769. The van der Waals surface area contributed by atoms with Gasteiger partial charge in [0.2, 0.25) is 5.91 Å². The molecule has 0 aliphatic carbocycles. The number of hydrogen-bond donors (Lipinski definition) is 1. The largest absolute Gasteiger partial charge is 0.481 e. The Bertz CT molecular complexity index is 518. The van der Waals surface area contributed by atoms with Crippen LogP contribution in [-0.2, 0) is 16.0 Å². The fourth-order valence-electron chi connectivity index (χ4n) is 2.69. The summed E-state index contributed by atoms with van der Waals surface area (Å²) in [5, 5.41) is 9.00. The van der Waals surface area contributed by atoms with Crippen molar-refractivity contribution in [3.63, 3.8) is 0 Å². The van der Waals surface area contributed by atoms with Gasteiger partial charge in [-0.25, -0.2) is 4.39 Å². The number of rotatable bonds is 3. The third-order valence-electron chi connectivity index (χ3n) is 3.79. The molecule has 1 aliphatic rings. The summed E-state index contributed by atoms with van der Waals surface area (Å²) in [7, 11) is 0. The van der Waals surface area contributed by atoms with Crippen molar-refractivity contribution in [3.8, 4) is 0 Å². The van der Waals surface area contributed by atoms with E-state index in [1.165, 1.54) is 12.1 Å². The number of nitrogens with zero attached hydrogens (tertiary/aromatic N) is 1. The Hall–Kier alpha value is -1.91. The van der Waals surface area contributed by atoms with Crippen LogP contribution in [0.1, 0.15) is 25.3 Å². The molecule has 1 amide bonds. The number of carboxylic acid groups (broad SMARTS) is 1. The molecule has 0 bridgehead atoms. The minimum atomic E-state index is -0.797. The van der Waals surface area contributed by atoms with Crippen LogP contribution in [0.3, 0.4) is 0 Å². The van der Waals surface area contributed by atoms with Crippen molar-refractivity contribution in [1.82, 2.24) is 4.90 Å². The van der Waals surface area contributed by atoms with Crippen molar-refractivity contribution >= 4 is 11.9 Å². The highest BCUT2D eigenvalue weighted by Crippen LogP contribution is 2.23. The van der Waals surface area contributed by atoms with Crippen LogP contribution < -0.4 is 0 Å². The molecule has 1 aromatic rings. The molecule has 0 radical (unpaired) electrons. The second-order valence-electron chi connectivity index (χ2n) is 5.30. The zero-order chi connectivity index (χ0) is 14.7. The molecule has 108 valence electrons. The smallest absolute Gasteiger partial charge is 0.306 e. The first-order valence-corrected chi connectivity index (χ1v) is 6.74. The van der Waals surface area contributed by atoms with Gasteiger partial charge in [0.25, 0.3) is 0 Å². The van der Waals surface area contributed by atoms with E-state index < -0.39 is 5.97 Å².